The number of nitrogen functional groups attached to an aromatic ring is 1. The first-order chi connectivity index (χ1) is 19.5. The molecule has 4 aromatic rings. The Bertz CT molecular complexity index is 1620. The van der Waals surface area contributed by atoms with E-state index in [1.54, 1.807) is 12.1 Å². The van der Waals surface area contributed by atoms with Crippen LogP contribution in [0, 0.1) is 5.92 Å². The summed E-state index contributed by atoms with van der Waals surface area (Å²) in [6, 6.07) is 8.10. The second-order valence-electron chi connectivity index (χ2n) is 9.95. The van der Waals surface area contributed by atoms with Gasteiger partial charge in [0.05, 0.1) is 27.6 Å². The number of thiazole rings is 1. The fourth-order valence-corrected chi connectivity index (χ4v) is 6.19. The van der Waals surface area contributed by atoms with E-state index < -0.39 is 23.6 Å². The quantitative estimate of drug-likeness (QED) is 0.218. The fourth-order valence-electron chi connectivity index (χ4n) is 5.28. The number of carbonyl (C=O) groups excluding carboxylic acids is 2. The summed E-state index contributed by atoms with van der Waals surface area (Å²) in [5.41, 5.74) is 12.5. The standard InChI is InChI=1S/C28H27F3N6O3S/c1-14(38)36-27-37-24-21(41-27)10-9-19(32)25(24)40-22-12-20(34-13-35-22)17-8-7-16(28(29,30)31)11-18(17)23(26(33)39)15-5-3-2-4-6-15/h7-13,15,23H,2-6,32H2,1H3,(H2,33,39)(H,36,37,38). The summed E-state index contributed by atoms with van der Waals surface area (Å²) in [6.45, 7) is 1.37. The molecule has 2 aromatic carbocycles. The molecule has 5 rings (SSSR count). The molecule has 0 aliphatic heterocycles. The summed E-state index contributed by atoms with van der Waals surface area (Å²) in [7, 11) is 0. The van der Waals surface area contributed by atoms with Crippen molar-refractivity contribution in [3.63, 3.8) is 0 Å². The van der Waals surface area contributed by atoms with Crippen molar-refractivity contribution in [1.29, 1.82) is 0 Å². The predicted molar refractivity (Wildman–Crippen MR) is 149 cm³/mol. The zero-order valence-corrected chi connectivity index (χ0v) is 22.8. The third-order valence-corrected chi connectivity index (χ3v) is 8.03. The summed E-state index contributed by atoms with van der Waals surface area (Å²) in [5, 5.41) is 2.99. The lowest BCUT2D eigenvalue weighted by Gasteiger charge is -2.30. The number of halogens is 3. The van der Waals surface area contributed by atoms with Crippen LogP contribution >= 0.6 is 11.3 Å². The number of carbonyl (C=O) groups is 2. The van der Waals surface area contributed by atoms with Crippen molar-refractivity contribution < 1.29 is 27.5 Å². The molecule has 0 saturated heterocycles. The monoisotopic (exact) mass is 584 g/mol. The third-order valence-electron chi connectivity index (χ3n) is 7.09. The molecule has 2 heterocycles. The SMILES string of the molecule is CC(=O)Nc1nc2c(Oc3cc(-c4ccc(C(F)(F)F)cc4C(C(N)=O)C4CCCCC4)ncn3)c(N)ccc2s1. The number of rotatable bonds is 7. The molecule has 214 valence electrons. The Morgan fingerprint density at radius 2 is 1.85 bits per heavy atom. The lowest BCUT2D eigenvalue weighted by molar-refractivity contribution is -0.137. The van der Waals surface area contributed by atoms with E-state index >= 15 is 0 Å². The number of ether oxygens (including phenoxy) is 1. The van der Waals surface area contributed by atoms with Gasteiger partial charge in [-0.05, 0) is 48.6 Å². The van der Waals surface area contributed by atoms with Crippen molar-refractivity contribution >= 4 is 44.2 Å². The lowest BCUT2D eigenvalue weighted by atomic mass is 9.74. The maximum absolute atomic E-state index is 13.8. The smallest absolute Gasteiger partial charge is 0.416 e. The van der Waals surface area contributed by atoms with E-state index in [1.807, 2.05) is 0 Å². The number of primary amides is 1. The number of aromatic nitrogens is 3. The van der Waals surface area contributed by atoms with Gasteiger partial charge in [-0.3, -0.25) is 9.59 Å². The number of nitrogens with two attached hydrogens (primary N) is 2. The van der Waals surface area contributed by atoms with E-state index in [4.69, 9.17) is 16.2 Å². The molecule has 1 atom stereocenters. The predicted octanol–water partition coefficient (Wildman–Crippen LogP) is 6.25. The largest absolute Gasteiger partial charge is 0.434 e. The van der Waals surface area contributed by atoms with E-state index in [2.05, 4.69) is 20.3 Å². The minimum atomic E-state index is -4.61. The molecule has 0 bridgehead atoms. The van der Waals surface area contributed by atoms with Crippen LogP contribution in [0.25, 0.3) is 21.5 Å². The van der Waals surface area contributed by atoms with E-state index in [-0.39, 0.29) is 40.4 Å². The topological polar surface area (TPSA) is 146 Å². The molecule has 2 aromatic heterocycles. The second kappa shape index (κ2) is 11.3. The van der Waals surface area contributed by atoms with Crippen LogP contribution in [0.3, 0.4) is 0 Å². The first-order valence-electron chi connectivity index (χ1n) is 13.0. The summed E-state index contributed by atoms with van der Waals surface area (Å²) in [4.78, 5) is 37.1. The Hall–Kier alpha value is -4.26. The summed E-state index contributed by atoms with van der Waals surface area (Å²) >= 11 is 1.24. The van der Waals surface area contributed by atoms with Crippen molar-refractivity contribution in [3.8, 4) is 22.9 Å². The van der Waals surface area contributed by atoms with Crippen LogP contribution in [-0.2, 0) is 15.8 Å². The van der Waals surface area contributed by atoms with Crippen molar-refractivity contribution in [2.75, 3.05) is 11.1 Å². The second-order valence-corrected chi connectivity index (χ2v) is 11.0. The number of anilines is 2. The van der Waals surface area contributed by atoms with Crippen LogP contribution in [0.5, 0.6) is 11.6 Å². The molecular formula is C28H27F3N6O3S. The zero-order valence-electron chi connectivity index (χ0n) is 22.0. The summed E-state index contributed by atoms with van der Waals surface area (Å²) in [6.07, 6.45) is 0.750. The number of amides is 2. The molecule has 1 aliphatic carbocycles. The van der Waals surface area contributed by atoms with Crippen LogP contribution in [0.15, 0.2) is 42.7 Å². The van der Waals surface area contributed by atoms with Crippen molar-refractivity contribution in [1.82, 2.24) is 15.0 Å². The highest BCUT2D eigenvalue weighted by Gasteiger charge is 2.36. The maximum Gasteiger partial charge on any atom is 0.416 e. The Morgan fingerprint density at radius 3 is 2.54 bits per heavy atom. The van der Waals surface area contributed by atoms with Crippen LogP contribution < -0.4 is 21.5 Å². The molecular weight excluding hydrogens is 557 g/mol. The van der Waals surface area contributed by atoms with Crippen molar-refractivity contribution in [2.45, 2.75) is 51.1 Å². The minimum Gasteiger partial charge on any atom is -0.434 e. The van der Waals surface area contributed by atoms with Gasteiger partial charge in [-0.25, -0.2) is 15.0 Å². The van der Waals surface area contributed by atoms with E-state index in [1.165, 1.54) is 36.7 Å². The van der Waals surface area contributed by atoms with Gasteiger partial charge in [-0.2, -0.15) is 13.2 Å². The Kier molecular flexibility index (Phi) is 7.80. The average Bonchev–Trinajstić information content (AvgIpc) is 3.32. The van der Waals surface area contributed by atoms with Crippen LogP contribution in [0.4, 0.5) is 24.0 Å². The summed E-state index contributed by atoms with van der Waals surface area (Å²) < 4.78 is 48.0. The van der Waals surface area contributed by atoms with Gasteiger partial charge in [0.25, 0.3) is 0 Å². The number of nitrogens with zero attached hydrogens (tertiary/aromatic N) is 3. The highest BCUT2D eigenvalue weighted by molar-refractivity contribution is 7.22. The number of hydrogen-bond acceptors (Lipinski definition) is 8. The van der Waals surface area contributed by atoms with E-state index in [9.17, 15) is 22.8 Å². The Labute approximate surface area is 237 Å². The van der Waals surface area contributed by atoms with Gasteiger partial charge < -0.3 is 21.5 Å². The van der Waals surface area contributed by atoms with Crippen LogP contribution in [0.1, 0.15) is 56.1 Å². The number of fused-ring (bicyclic) bond motifs is 1. The minimum absolute atomic E-state index is 0.0578. The van der Waals surface area contributed by atoms with Crippen LogP contribution in [0.2, 0.25) is 0 Å². The molecule has 2 amide bonds. The van der Waals surface area contributed by atoms with Gasteiger partial charge in [-0.15, -0.1) is 0 Å². The average molecular weight is 585 g/mol. The summed E-state index contributed by atoms with van der Waals surface area (Å²) in [5.74, 6) is -1.80. The van der Waals surface area contributed by atoms with Crippen molar-refractivity contribution in [2.24, 2.45) is 11.7 Å². The molecule has 1 fully saturated rings. The number of hydrogen-bond donors (Lipinski definition) is 3. The van der Waals surface area contributed by atoms with E-state index in [0.29, 0.717) is 33.8 Å². The Balaban J connectivity index is 1.57. The van der Waals surface area contributed by atoms with Gasteiger partial charge in [0.2, 0.25) is 17.7 Å². The Morgan fingerprint density at radius 1 is 1.10 bits per heavy atom. The van der Waals surface area contributed by atoms with Gasteiger partial charge in [0.15, 0.2) is 10.9 Å². The number of alkyl halides is 3. The first-order valence-corrected chi connectivity index (χ1v) is 13.8. The molecule has 9 nitrogen and oxygen atoms in total. The molecule has 5 N–H and O–H groups in total. The lowest BCUT2D eigenvalue weighted by Crippen LogP contribution is -2.30. The maximum atomic E-state index is 13.8. The van der Waals surface area contributed by atoms with Gasteiger partial charge in [0, 0.05) is 18.6 Å². The molecule has 13 heteroatoms. The first kappa shape index (κ1) is 28.3. The highest BCUT2D eigenvalue weighted by Crippen LogP contribution is 2.43. The van der Waals surface area contributed by atoms with E-state index in [0.717, 1.165) is 31.4 Å². The molecule has 1 aliphatic rings. The van der Waals surface area contributed by atoms with Gasteiger partial charge in [-0.1, -0.05) is 36.7 Å². The number of nitrogens with one attached hydrogen (secondary N) is 1. The van der Waals surface area contributed by atoms with Crippen LogP contribution in [-0.4, -0.2) is 26.8 Å². The molecule has 41 heavy (non-hydrogen) atoms. The molecule has 0 spiro atoms. The van der Waals surface area contributed by atoms with Gasteiger partial charge in [0.1, 0.15) is 11.8 Å². The zero-order chi connectivity index (χ0) is 29.3. The molecule has 0 radical (unpaired) electrons. The third kappa shape index (κ3) is 6.09. The highest BCUT2D eigenvalue weighted by atomic mass is 32.1. The van der Waals surface area contributed by atoms with Gasteiger partial charge >= 0.3 is 6.18 Å². The number of benzene rings is 2. The van der Waals surface area contributed by atoms with Crippen molar-refractivity contribution in [3.05, 3.63) is 53.9 Å². The molecule has 1 unspecified atom stereocenters. The fraction of sp³-hybridized carbons (Fsp3) is 0.321. The molecule has 1 saturated carbocycles. The normalized spacial score (nSPS) is 15.0.